The van der Waals surface area contributed by atoms with Gasteiger partial charge in [-0.3, -0.25) is 0 Å². The maximum atomic E-state index is 4.32. The largest absolute Gasteiger partial charge is 0.317 e. The summed E-state index contributed by atoms with van der Waals surface area (Å²) in [7, 11) is 0. The van der Waals surface area contributed by atoms with Crippen LogP contribution in [0.1, 0.15) is 30.0 Å². The highest BCUT2D eigenvalue weighted by molar-refractivity contribution is 5.34. The van der Waals surface area contributed by atoms with Crippen LogP contribution in [-0.4, -0.2) is 28.1 Å². The molecule has 3 rings (SSSR count). The van der Waals surface area contributed by atoms with Gasteiger partial charge < -0.3 is 5.32 Å². The zero-order chi connectivity index (χ0) is 12.4. The summed E-state index contributed by atoms with van der Waals surface area (Å²) in [5, 5.41) is 11.9. The number of aryl methyl sites for hydroxylation is 1. The van der Waals surface area contributed by atoms with Crippen molar-refractivity contribution in [2.75, 3.05) is 13.1 Å². The predicted molar refractivity (Wildman–Crippen MR) is 70.9 cm³/mol. The Hall–Kier alpha value is -1.68. The first-order valence-corrected chi connectivity index (χ1v) is 6.53. The van der Waals surface area contributed by atoms with Gasteiger partial charge >= 0.3 is 0 Å². The molecule has 1 N–H and O–H groups in total. The maximum Gasteiger partial charge on any atom is 0.0856 e. The van der Waals surface area contributed by atoms with Crippen LogP contribution in [0, 0.1) is 6.92 Å². The minimum atomic E-state index is 0.701. The van der Waals surface area contributed by atoms with Crippen molar-refractivity contribution in [1.82, 2.24) is 20.3 Å². The predicted octanol–water partition coefficient (Wildman–Crippen LogP) is 2.04. The van der Waals surface area contributed by atoms with E-state index in [2.05, 4.69) is 39.8 Å². The molecule has 0 spiro atoms. The summed E-state index contributed by atoms with van der Waals surface area (Å²) < 4.78 is 0. The van der Waals surface area contributed by atoms with E-state index in [1.54, 1.807) is 11.0 Å². The highest BCUT2D eigenvalue weighted by Crippen LogP contribution is 2.25. The molecule has 0 atom stereocenters. The molecule has 4 nitrogen and oxygen atoms in total. The lowest BCUT2D eigenvalue weighted by atomic mass is 9.90. The van der Waals surface area contributed by atoms with E-state index in [1.807, 2.05) is 6.92 Å². The van der Waals surface area contributed by atoms with Gasteiger partial charge in [-0.25, -0.2) is 0 Å². The average Bonchev–Trinajstić information content (AvgIpc) is 2.87. The summed E-state index contributed by atoms with van der Waals surface area (Å²) in [5.74, 6) is 0.701. The third kappa shape index (κ3) is 2.29. The van der Waals surface area contributed by atoms with Crippen LogP contribution in [0.5, 0.6) is 0 Å². The van der Waals surface area contributed by atoms with Gasteiger partial charge in [0.25, 0.3) is 0 Å². The highest BCUT2D eigenvalue weighted by Gasteiger charge is 2.14. The molecule has 1 aliphatic heterocycles. The molecule has 1 fully saturated rings. The Morgan fingerprint density at radius 3 is 2.50 bits per heavy atom. The summed E-state index contributed by atoms with van der Waals surface area (Å²) in [5.41, 5.74) is 3.40. The van der Waals surface area contributed by atoms with Crippen LogP contribution in [0.25, 0.3) is 5.69 Å². The first kappa shape index (κ1) is 11.4. The Labute approximate surface area is 107 Å². The fourth-order valence-electron chi connectivity index (χ4n) is 2.50. The molecule has 1 aliphatic rings. The summed E-state index contributed by atoms with van der Waals surface area (Å²) in [6, 6.07) is 8.64. The molecule has 0 saturated carbocycles. The average molecular weight is 242 g/mol. The second-order valence-corrected chi connectivity index (χ2v) is 4.89. The summed E-state index contributed by atoms with van der Waals surface area (Å²) in [4.78, 5) is 1.68. The number of aromatic nitrogens is 3. The quantitative estimate of drug-likeness (QED) is 0.876. The van der Waals surface area contributed by atoms with Crippen molar-refractivity contribution in [3.63, 3.8) is 0 Å². The monoisotopic (exact) mass is 242 g/mol. The molecule has 0 bridgehead atoms. The van der Waals surface area contributed by atoms with Gasteiger partial charge in [-0.15, -0.1) is 0 Å². The zero-order valence-electron chi connectivity index (χ0n) is 10.6. The van der Waals surface area contributed by atoms with E-state index in [0.717, 1.165) is 24.5 Å². The lowest BCUT2D eigenvalue weighted by Crippen LogP contribution is -2.26. The Kier molecular flexibility index (Phi) is 3.11. The van der Waals surface area contributed by atoms with Gasteiger partial charge in [0.1, 0.15) is 0 Å². The van der Waals surface area contributed by atoms with Gasteiger partial charge in [-0.1, -0.05) is 12.1 Å². The van der Waals surface area contributed by atoms with Crippen LogP contribution in [0.4, 0.5) is 0 Å². The van der Waals surface area contributed by atoms with Gasteiger partial charge in [0.05, 0.1) is 17.6 Å². The SMILES string of the molecule is Cc1cnn(-c2ccc(C3CCNCC3)cc2)n1. The number of rotatable bonds is 2. The number of nitrogens with one attached hydrogen (secondary N) is 1. The highest BCUT2D eigenvalue weighted by atomic mass is 15.5. The van der Waals surface area contributed by atoms with Gasteiger partial charge in [-0.2, -0.15) is 15.0 Å². The van der Waals surface area contributed by atoms with Gasteiger partial charge in [0.2, 0.25) is 0 Å². The van der Waals surface area contributed by atoms with Crippen molar-refractivity contribution in [1.29, 1.82) is 0 Å². The number of benzene rings is 1. The van der Waals surface area contributed by atoms with Gasteiger partial charge in [-0.05, 0) is 56.5 Å². The molecule has 0 amide bonds. The molecule has 0 unspecified atom stereocenters. The Balaban J connectivity index is 1.80. The standard InChI is InChI=1S/C14H18N4/c1-11-10-16-18(17-11)14-4-2-12(3-5-14)13-6-8-15-9-7-13/h2-5,10,13,15H,6-9H2,1H3. The molecular formula is C14H18N4. The molecule has 4 heteroatoms. The molecule has 1 aromatic carbocycles. The Bertz CT molecular complexity index is 509. The van der Waals surface area contributed by atoms with Crippen LogP contribution in [-0.2, 0) is 0 Å². The number of piperidine rings is 1. The Morgan fingerprint density at radius 2 is 1.89 bits per heavy atom. The normalized spacial score (nSPS) is 16.9. The van der Waals surface area contributed by atoms with Crippen molar-refractivity contribution in [2.24, 2.45) is 0 Å². The number of nitrogens with zero attached hydrogens (tertiary/aromatic N) is 3. The summed E-state index contributed by atoms with van der Waals surface area (Å²) in [6.07, 6.45) is 4.25. The first-order chi connectivity index (χ1) is 8.83. The van der Waals surface area contributed by atoms with Crippen LogP contribution in [0.15, 0.2) is 30.5 Å². The first-order valence-electron chi connectivity index (χ1n) is 6.53. The summed E-state index contributed by atoms with van der Waals surface area (Å²) in [6.45, 7) is 4.21. The molecule has 0 radical (unpaired) electrons. The van der Waals surface area contributed by atoms with E-state index in [4.69, 9.17) is 0 Å². The van der Waals surface area contributed by atoms with E-state index in [9.17, 15) is 0 Å². The van der Waals surface area contributed by atoms with E-state index < -0.39 is 0 Å². The van der Waals surface area contributed by atoms with Crippen LogP contribution >= 0.6 is 0 Å². The lowest BCUT2D eigenvalue weighted by Gasteiger charge is -2.23. The molecular weight excluding hydrogens is 224 g/mol. The smallest absolute Gasteiger partial charge is 0.0856 e. The topological polar surface area (TPSA) is 42.7 Å². The number of hydrogen-bond acceptors (Lipinski definition) is 3. The minimum Gasteiger partial charge on any atom is -0.317 e. The molecule has 2 heterocycles. The minimum absolute atomic E-state index is 0.701. The van der Waals surface area contributed by atoms with Crippen molar-refractivity contribution < 1.29 is 0 Å². The third-order valence-corrected chi connectivity index (χ3v) is 3.54. The van der Waals surface area contributed by atoms with Crippen molar-refractivity contribution in [3.8, 4) is 5.69 Å². The number of hydrogen-bond donors (Lipinski definition) is 1. The van der Waals surface area contributed by atoms with Gasteiger partial charge in [0, 0.05) is 0 Å². The molecule has 1 saturated heterocycles. The van der Waals surface area contributed by atoms with Gasteiger partial charge in [0.15, 0.2) is 0 Å². The zero-order valence-corrected chi connectivity index (χ0v) is 10.6. The Morgan fingerprint density at radius 1 is 1.17 bits per heavy atom. The van der Waals surface area contributed by atoms with E-state index in [1.165, 1.54) is 18.4 Å². The second-order valence-electron chi connectivity index (χ2n) is 4.89. The molecule has 18 heavy (non-hydrogen) atoms. The summed E-state index contributed by atoms with van der Waals surface area (Å²) >= 11 is 0. The van der Waals surface area contributed by atoms with Crippen LogP contribution in [0.3, 0.4) is 0 Å². The van der Waals surface area contributed by atoms with Crippen molar-refractivity contribution >= 4 is 0 Å². The lowest BCUT2D eigenvalue weighted by molar-refractivity contribution is 0.460. The molecule has 2 aromatic rings. The van der Waals surface area contributed by atoms with Crippen molar-refractivity contribution in [2.45, 2.75) is 25.7 Å². The van der Waals surface area contributed by atoms with E-state index in [-0.39, 0.29) is 0 Å². The fraction of sp³-hybridized carbons (Fsp3) is 0.429. The van der Waals surface area contributed by atoms with Crippen molar-refractivity contribution in [3.05, 3.63) is 41.7 Å². The second kappa shape index (κ2) is 4.90. The van der Waals surface area contributed by atoms with Crippen LogP contribution in [0.2, 0.25) is 0 Å². The van der Waals surface area contributed by atoms with E-state index in [0.29, 0.717) is 5.92 Å². The third-order valence-electron chi connectivity index (χ3n) is 3.54. The molecule has 0 aliphatic carbocycles. The van der Waals surface area contributed by atoms with E-state index >= 15 is 0 Å². The fourth-order valence-corrected chi connectivity index (χ4v) is 2.50. The molecule has 94 valence electrons. The van der Waals surface area contributed by atoms with Crippen LogP contribution < -0.4 is 5.32 Å². The molecule has 1 aromatic heterocycles. The maximum absolute atomic E-state index is 4.32.